The molecule has 0 spiro atoms. The summed E-state index contributed by atoms with van der Waals surface area (Å²) in [4.78, 5) is 38.2. The Morgan fingerprint density at radius 3 is 1.74 bits per heavy atom. The lowest BCUT2D eigenvalue weighted by Crippen LogP contribution is -2.17. The van der Waals surface area contributed by atoms with Gasteiger partial charge < -0.3 is 21.9 Å². The Hall–Kier alpha value is -2.97. The van der Waals surface area contributed by atoms with Crippen molar-refractivity contribution in [2.45, 2.75) is 0 Å². The zero-order valence-corrected chi connectivity index (χ0v) is 9.70. The number of nitrogens with two attached hydrogens (primary N) is 3. The van der Waals surface area contributed by atoms with Gasteiger partial charge in [-0.1, -0.05) is 0 Å². The normalized spacial score (nSPS) is 12.8. The third kappa shape index (κ3) is 4.42. The van der Waals surface area contributed by atoms with Gasteiger partial charge in [-0.15, -0.1) is 0 Å². The van der Waals surface area contributed by atoms with Crippen LogP contribution in [0.15, 0.2) is 24.2 Å². The van der Waals surface area contributed by atoms with E-state index in [0.717, 1.165) is 12.4 Å². The van der Waals surface area contributed by atoms with Crippen molar-refractivity contribution in [1.82, 2.24) is 9.97 Å². The maximum atomic E-state index is 10.5. The molecule has 0 saturated heterocycles. The number of hydrogen-bond donors (Lipinski definition) is 3. The van der Waals surface area contributed by atoms with Crippen LogP contribution < -0.4 is 17.2 Å². The van der Waals surface area contributed by atoms with Crippen LogP contribution >= 0.6 is 0 Å². The highest BCUT2D eigenvalue weighted by molar-refractivity contribution is 5.92. The summed E-state index contributed by atoms with van der Waals surface area (Å²) < 4.78 is 4.41. The fourth-order valence-electron chi connectivity index (χ4n) is 0.972. The van der Waals surface area contributed by atoms with Gasteiger partial charge in [-0.3, -0.25) is 9.59 Å². The smallest absolute Gasteiger partial charge is 0.333 e. The summed E-state index contributed by atoms with van der Waals surface area (Å²) in [7, 11) is 0. The molecule has 9 heteroatoms. The molecule has 9 nitrogen and oxygen atoms in total. The third-order valence-electron chi connectivity index (χ3n) is 1.84. The molecular weight excluding hydrogens is 254 g/mol. The van der Waals surface area contributed by atoms with Crippen LogP contribution in [-0.4, -0.2) is 34.4 Å². The summed E-state index contributed by atoms with van der Waals surface area (Å²) in [6.45, 7) is 0.263. The summed E-state index contributed by atoms with van der Waals surface area (Å²) >= 11 is 0. The molecule has 2 amide bonds. The van der Waals surface area contributed by atoms with E-state index in [1.54, 1.807) is 0 Å². The first kappa shape index (κ1) is 14.1. The first-order chi connectivity index (χ1) is 8.90. The van der Waals surface area contributed by atoms with Crippen molar-refractivity contribution in [3.8, 4) is 0 Å². The second kappa shape index (κ2) is 6.10. The molecule has 100 valence electrons. The van der Waals surface area contributed by atoms with Gasteiger partial charge in [0.05, 0.1) is 18.1 Å². The van der Waals surface area contributed by atoms with Gasteiger partial charge in [-0.05, 0) is 0 Å². The van der Waals surface area contributed by atoms with Gasteiger partial charge in [-0.2, -0.15) is 0 Å². The summed E-state index contributed by atoms with van der Waals surface area (Å²) in [5, 5.41) is 0. The molecule has 19 heavy (non-hydrogen) atoms. The molecule has 0 fully saturated rings. The van der Waals surface area contributed by atoms with Crippen LogP contribution in [0.3, 0.4) is 0 Å². The van der Waals surface area contributed by atoms with Gasteiger partial charge in [0.2, 0.25) is 0 Å². The van der Waals surface area contributed by atoms with Crippen molar-refractivity contribution in [3.63, 3.8) is 0 Å². The fraction of sp³-hybridized carbons (Fsp3) is 0.100. The minimum Gasteiger partial charge on any atom is -0.456 e. The predicted molar refractivity (Wildman–Crippen MR) is 62.3 cm³/mol. The highest BCUT2D eigenvalue weighted by Gasteiger charge is 2.07. The van der Waals surface area contributed by atoms with Gasteiger partial charge in [0.25, 0.3) is 11.8 Å². The summed E-state index contributed by atoms with van der Waals surface area (Å²) in [6, 6.07) is 0. The number of rotatable bonds is 2. The van der Waals surface area contributed by atoms with Gasteiger partial charge in [0, 0.05) is 6.08 Å². The van der Waals surface area contributed by atoms with Gasteiger partial charge in [0.15, 0.2) is 0 Å². The molecular formula is C10H11N5O4. The second-order valence-electron chi connectivity index (χ2n) is 3.34. The predicted octanol–water partition coefficient (Wildman–Crippen LogP) is -1.94. The highest BCUT2D eigenvalue weighted by atomic mass is 16.5. The zero-order chi connectivity index (χ0) is 14.4. The maximum Gasteiger partial charge on any atom is 0.333 e. The SMILES string of the molecule is NC(=O)c1cnc(C(N)=O)cn1.NC1=CC(=O)OC1. The van der Waals surface area contributed by atoms with E-state index in [9.17, 15) is 14.4 Å². The van der Waals surface area contributed by atoms with E-state index in [2.05, 4.69) is 14.7 Å². The number of amides is 2. The van der Waals surface area contributed by atoms with Crippen molar-refractivity contribution in [2.24, 2.45) is 17.2 Å². The highest BCUT2D eigenvalue weighted by Crippen LogP contribution is 1.96. The molecule has 0 atom stereocenters. The van der Waals surface area contributed by atoms with Crippen LogP contribution in [0.5, 0.6) is 0 Å². The van der Waals surface area contributed by atoms with E-state index in [-0.39, 0.29) is 24.0 Å². The van der Waals surface area contributed by atoms with Crippen molar-refractivity contribution >= 4 is 17.8 Å². The van der Waals surface area contributed by atoms with Crippen molar-refractivity contribution < 1.29 is 19.1 Å². The number of hydrogen-bond acceptors (Lipinski definition) is 7. The molecule has 1 aliphatic rings. The molecule has 0 bridgehead atoms. The summed E-state index contributed by atoms with van der Waals surface area (Å²) in [5.74, 6) is -1.73. The lowest BCUT2D eigenvalue weighted by molar-refractivity contribution is -0.134. The van der Waals surface area contributed by atoms with Crippen LogP contribution in [0.4, 0.5) is 0 Å². The Morgan fingerprint density at radius 2 is 1.58 bits per heavy atom. The Labute approximate surface area is 107 Å². The molecule has 0 aromatic carbocycles. The van der Waals surface area contributed by atoms with Crippen LogP contribution in [0.25, 0.3) is 0 Å². The van der Waals surface area contributed by atoms with E-state index < -0.39 is 11.8 Å². The van der Waals surface area contributed by atoms with E-state index in [0.29, 0.717) is 5.70 Å². The average molecular weight is 265 g/mol. The monoisotopic (exact) mass is 265 g/mol. The van der Waals surface area contributed by atoms with E-state index in [1.165, 1.54) is 6.08 Å². The van der Waals surface area contributed by atoms with Crippen LogP contribution in [-0.2, 0) is 9.53 Å². The lowest BCUT2D eigenvalue weighted by atomic mass is 10.4. The Bertz CT molecular complexity index is 504. The fourth-order valence-corrected chi connectivity index (χ4v) is 0.972. The average Bonchev–Trinajstić information content (AvgIpc) is 2.74. The topological polar surface area (TPSA) is 164 Å². The third-order valence-corrected chi connectivity index (χ3v) is 1.84. The zero-order valence-electron chi connectivity index (χ0n) is 9.70. The molecule has 2 rings (SSSR count). The molecule has 0 aliphatic carbocycles. The maximum absolute atomic E-state index is 10.5. The molecule has 1 aromatic rings. The Kier molecular flexibility index (Phi) is 4.52. The first-order valence-electron chi connectivity index (χ1n) is 4.94. The molecule has 0 unspecified atom stereocenters. The van der Waals surface area contributed by atoms with E-state index in [1.807, 2.05) is 0 Å². The summed E-state index contributed by atoms with van der Waals surface area (Å²) in [6.07, 6.45) is 3.48. The second-order valence-corrected chi connectivity index (χ2v) is 3.34. The van der Waals surface area contributed by atoms with Crippen LogP contribution in [0, 0.1) is 0 Å². The number of carbonyl (C=O) groups is 3. The van der Waals surface area contributed by atoms with Gasteiger partial charge in [-0.25, -0.2) is 14.8 Å². The van der Waals surface area contributed by atoms with Crippen LogP contribution in [0.1, 0.15) is 21.0 Å². The molecule has 1 aliphatic heterocycles. The minimum atomic E-state index is -0.696. The van der Waals surface area contributed by atoms with Crippen molar-refractivity contribution in [1.29, 1.82) is 0 Å². The number of aromatic nitrogens is 2. The first-order valence-corrected chi connectivity index (χ1v) is 4.94. The molecule has 2 heterocycles. The molecule has 0 saturated carbocycles. The number of carbonyl (C=O) groups excluding carboxylic acids is 3. The number of cyclic esters (lactones) is 1. The van der Waals surface area contributed by atoms with Crippen molar-refractivity contribution in [2.75, 3.05) is 6.61 Å². The Morgan fingerprint density at radius 1 is 1.11 bits per heavy atom. The van der Waals surface area contributed by atoms with E-state index >= 15 is 0 Å². The summed E-state index contributed by atoms with van der Waals surface area (Å²) in [5.41, 5.74) is 15.4. The Balaban J connectivity index is 0.000000218. The minimum absolute atomic E-state index is 0.000000000000000222. The molecule has 6 N–H and O–H groups in total. The molecule has 0 radical (unpaired) electrons. The largest absolute Gasteiger partial charge is 0.456 e. The number of nitrogens with zero attached hydrogens (tertiary/aromatic N) is 2. The van der Waals surface area contributed by atoms with Gasteiger partial charge in [0.1, 0.15) is 18.0 Å². The number of primary amides is 2. The van der Waals surface area contributed by atoms with Crippen molar-refractivity contribution in [3.05, 3.63) is 35.6 Å². The lowest BCUT2D eigenvalue weighted by Gasteiger charge is -1.94. The number of ether oxygens (including phenoxy) is 1. The van der Waals surface area contributed by atoms with E-state index in [4.69, 9.17) is 17.2 Å². The number of esters is 1. The van der Waals surface area contributed by atoms with Crippen LogP contribution in [0.2, 0.25) is 0 Å². The van der Waals surface area contributed by atoms with Gasteiger partial charge >= 0.3 is 5.97 Å². The quantitative estimate of drug-likeness (QED) is 0.523. The standard InChI is InChI=1S/C6H6N4O2.C4H5NO2/c7-5(11)3-1-9-4(2-10-3)6(8)12;5-3-1-4(6)7-2-3/h1-2H,(H2,7,11)(H2,8,12);1H,2,5H2. The molecule has 1 aromatic heterocycles.